The third kappa shape index (κ3) is 2.66. The predicted octanol–water partition coefficient (Wildman–Crippen LogP) is 3.58. The summed E-state index contributed by atoms with van der Waals surface area (Å²) in [7, 11) is 0. The van der Waals surface area contributed by atoms with Gasteiger partial charge >= 0.3 is 5.97 Å². The lowest BCUT2D eigenvalue weighted by Crippen LogP contribution is -2.01. The number of anilines is 2. The summed E-state index contributed by atoms with van der Waals surface area (Å²) in [6.07, 6.45) is 0. The number of carboxylic acids is 1. The third-order valence-corrected chi connectivity index (χ3v) is 2.58. The van der Waals surface area contributed by atoms with Crippen molar-refractivity contribution in [3.8, 4) is 0 Å². The standard InChI is InChI=1S/C14H12FNO2/c1-9-5-6-12(8-13(9)14(17)18)16-11-4-2-3-10(15)7-11/h2-8,16H,1H3,(H,17,18). The molecule has 0 aliphatic carbocycles. The van der Waals surface area contributed by atoms with E-state index in [0.29, 0.717) is 16.9 Å². The van der Waals surface area contributed by atoms with Gasteiger partial charge in [0, 0.05) is 11.4 Å². The Balaban J connectivity index is 2.30. The van der Waals surface area contributed by atoms with Crippen LogP contribution in [0.4, 0.5) is 15.8 Å². The van der Waals surface area contributed by atoms with Crippen molar-refractivity contribution in [1.29, 1.82) is 0 Å². The van der Waals surface area contributed by atoms with E-state index in [0.717, 1.165) is 0 Å². The van der Waals surface area contributed by atoms with Crippen molar-refractivity contribution >= 4 is 17.3 Å². The lowest BCUT2D eigenvalue weighted by Gasteiger charge is -2.08. The number of carbonyl (C=O) groups is 1. The van der Waals surface area contributed by atoms with Crippen LogP contribution >= 0.6 is 0 Å². The van der Waals surface area contributed by atoms with Gasteiger partial charge in [-0.15, -0.1) is 0 Å². The zero-order chi connectivity index (χ0) is 13.1. The van der Waals surface area contributed by atoms with E-state index in [-0.39, 0.29) is 11.4 Å². The van der Waals surface area contributed by atoms with Crippen molar-refractivity contribution in [2.75, 3.05) is 5.32 Å². The van der Waals surface area contributed by atoms with Crippen molar-refractivity contribution in [2.24, 2.45) is 0 Å². The van der Waals surface area contributed by atoms with Crippen LogP contribution in [0.5, 0.6) is 0 Å². The Bertz CT molecular complexity index is 596. The number of rotatable bonds is 3. The average molecular weight is 245 g/mol. The predicted molar refractivity (Wildman–Crippen MR) is 67.8 cm³/mol. The molecule has 0 heterocycles. The molecule has 92 valence electrons. The molecule has 2 N–H and O–H groups in total. The summed E-state index contributed by atoms with van der Waals surface area (Å²) in [6, 6.07) is 11.0. The highest BCUT2D eigenvalue weighted by molar-refractivity contribution is 5.90. The van der Waals surface area contributed by atoms with E-state index in [9.17, 15) is 9.18 Å². The molecular weight excluding hydrogens is 233 g/mol. The summed E-state index contributed by atoms with van der Waals surface area (Å²) < 4.78 is 13.0. The summed E-state index contributed by atoms with van der Waals surface area (Å²) in [5, 5.41) is 12.0. The first-order valence-electron chi connectivity index (χ1n) is 5.43. The molecule has 2 aromatic carbocycles. The molecule has 0 unspecified atom stereocenters. The van der Waals surface area contributed by atoms with Gasteiger partial charge in [-0.25, -0.2) is 9.18 Å². The molecule has 0 aromatic heterocycles. The number of nitrogens with one attached hydrogen (secondary N) is 1. The van der Waals surface area contributed by atoms with Crippen LogP contribution < -0.4 is 5.32 Å². The van der Waals surface area contributed by atoms with Crippen molar-refractivity contribution in [2.45, 2.75) is 6.92 Å². The number of aryl methyl sites for hydroxylation is 1. The van der Waals surface area contributed by atoms with Gasteiger partial charge in [0.05, 0.1) is 5.56 Å². The molecule has 18 heavy (non-hydrogen) atoms. The van der Waals surface area contributed by atoms with Gasteiger partial charge in [-0.2, -0.15) is 0 Å². The monoisotopic (exact) mass is 245 g/mol. The smallest absolute Gasteiger partial charge is 0.336 e. The van der Waals surface area contributed by atoms with Crippen LogP contribution in [0, 0.1) is 12.7 Å². The van der Waals surface area contributed by atoms with Crippen molar-refractivity contribution in [3.63, 3.8) is 0 Å². The summed E-state index contributed by atoms with van der Waals surface area (Å²) in [6.45, 7) is 1.73. The first-order chi connectivity index (χ1) is 8.56. The molecule has 3 nitrogen and oxygen atoms in total. The Kier molecular flexibility index (Phi) is 3.28. The number of hydrogen-bond acceptors (Lipinski definition) is 2. The maximum atomic E-state index is 13.0. The molecule has 0 spiro atoms. The van der Waals surface area contributed by atoms with Gasteiger partial charge < -0.3 is 10.4 Å². The van der Waals surface area contributed by atoms with Crippen LogP contribution in [-0.4, -0.2) is 11.1 Å². The van der Waals surface area contributed by atoms with Gasteiger partial charge in [0.1, 0.15) is 5.82 Å². The normalized spacial score (nSPS) is 10.1. The first kappa shape index (κ1) is 12.1. The third-order valence-electron chi connectivity index (χ3n) is 2.58. The van der Waals surface area contributed by atoms with Crippen LogP contribution in [0.25, 0.3) is 0 Å². The SMILES string of the molecule is Cc1ccc(Nc2cccc(F)c2)cc1C(=O)O. The Morgan fingerprint density at radius 1 is 1.17 bits per heavy atom. The van der Waals surface area contributed by atoms with Gasteiger partial charge in [-0.1, -0.05) is 12.1 Å². The minimum atomic E-state index is -0.976. The van der Waals surface area contributed by atoms with Crippen LogP contribution in [-0.2, 0) is 0 Å². The van der Waals surface area contributed by atoms with Crippen molar-refractivity contribution in [3.05, 3.63) is 59.4 Å². The lowest BCUT2D eigenvalue weighted by atomic mass is 10.1. The summed E-state index contributed by atoms with van der Waals surface area (Å²) in [5.74, 6) is -1.32. The fourth-order valence-corrected chi connectivity index (χ4v) is 1.66. The van der Waals surface area contributed by atoms with E-state index in [1.807, 2.05) is 0 Å². The second-order valence-electron chi connectivity index (χ2n) is 3.97. The number of halogens is 1. The quantitative estimate of drug-likeness (QED) is 0.869. The lowest BCUT2D eigenvalue weighted by molar-refractivity contribution is 0.0696. The second-order valence-corrected chi connectivity index (χ2v) is 3.97. The van der Waals surface area contributed by atoms with E-state index in [2.05, 4.69) is 5.32 Å². The molecule has 0 atom stereocenters. The molecule has 0 bridgehead atoms. The first-order valence-corrected chi connectivity index (χ1v) is 5.43. The van der Waals surface area contributed by atoms with E-state index < -0.39 is 5.97 Å². The molecule has 0 saturated heterocycles. The largest absolute Gasteiger partial charge is 0.478 e. The topological polar surface area (TPSA) is 49.3 Å². The molecule has 2 rings (SSSR count). The zero-order valence-electron chi connectivity index (χ0n) is 9.77. The molecule has 2 aromatic rings. The number of benzene rings is 2. The molecule has 0 saturated carbocycles. The summed E-state index contributed by atoms with van der Waals surface area (Å²) in [5.41, 5.74) is 2.11. The molecular formula is C14H12FNO2. The van der Waals surface area contributed by atoms with Crippen LogP contribution in [0.1, 0.15) is 15.9 Å². The molecule has 0 amide bonds. The highest BCUT2D eigenvalue weighted by Gasteiger charge is 2.07. The van der Waals surface area contributed by atoms with Crippen LogP contribution in [0.2, 0.25) is 0 Å². The second kappa shape index (κ2) is 4.87. The molecule has 0 radical (unpaired) electrons. The zero-order valence-corrected chi connectivity index (χ0v) is 9.77. The van der Waals surface area contributed by atoms with Gasteiger partial charge in [-0.05, 0) is 42.8 Å². The Labute approximate surface area is 104 Å². The highest BCUT2D eigenvalue weighted by Crippen LogP contribution is 2.20. The minimum Gasteiger partial charge on any atom is -0.478 e. The van der Waals surface area contributed by atoms with E-state index in [1.165, 1.54) is 18.2 Å². The van der Waals surface area contributed by atoms with E-state index in [1.54, 1.807) is 31.2 Å². The molecule has 4 heteroatoms. The van der Waals surface area contributed by atoms with Gasteiger partial charge in [0.25, 0.3) is 0 Å². The molecule has 0 fully saturated rings. The van der Waals surface area contributed by atoms with Gasteiger partial charge in [0.15, 0.2) is 0 Å². The van der Waals surface area contributed by atoms with Crippen molar-refractivity contribution in [1.82, 2.24) is 0 Å². The van der Waals surface area contributed by atoms with Crippen LogP contribution in [0.15, 0.2) is 42.5 Å². The minimum absolute atomic E-state index is 0.233. The van der Waals surface area contributed by atoms with E-state index in [4.69, 9.17) is 5.11 Å². The number of aromatic carboxylic acids is 1. The maximum Gasteiger partial charge on any atom is 0.336 e. The molecule has 0 aliphatic rings. The van der Waals surface area contributed by atoms with E-state index >= 15 is 0 Å². The van der Waals surface area contributed by atoms with Crippen molar-refractivity contribution < 1.29 is 14.3 Å². The molecule has 0 aliphatic heterocycles. The average Bonchev–Trinajstić information content (AvgIpc) is 2.31. The summed E-state index contributed by atoms with van der Waals surface area (Å²) in [4.78, 5) is 11.0. The Hall–Kier alpha value is -2.36. The number of carboxylic acid groups (broad SMARTS) is 1. The maximum absolute atomic E-state index is 13.0. The Morgan fingerprint density at radius 3 is 2.56 bits per heavy atom. The fraction of sp³-hybridized carbons (Fsp3) is 0.0714. The van der Waals surface area contributed by atoms with Crippen LogP contribution in [0.3, 0.4) is 0 Å². The highest BCUT2D eigenvalue weighted by atomic mass is 19.1. The Morgan fingerprint density at radius 2 is 1.89 bits per heavy atom. The summed E-state index contributed by atoms with van der Waals surface area (Å²) >= 11 is 0. The van der Waals surface area contributed by atoms with Gasteiger partial charge in [0.2, 0.25) is 0 Å². The number of hydrogen-bond donors (Lipinski definition) is 2. The fourth-order valence-electron chi connectivity index (χ4n) is 1.66. The van der Waals surface area contributed by atoms with Gasteiger partial charge in [-0.3, -0.25) is 0 Å².